The van der Waals surface area contributed by atoms with Crippen molar-refractivity contribution in [1.29, 1.82) is 0 Å². The maximum Gasteiger partial charge on any atom is 0.160 e. The van der Waals surface area contributed by atoms with Gasteiger partial charge in [0.05, 0.1) is 22.8 Å². The normalized spacial score (nSPS) is 14.1. The van der Waals surface area contributed by atoms with Crippen LogP contribution in [0.1, 0.15) is 34.1 Å². The number of hydrogen-bond donors (Lipinski definition) is 0. The van der Waals surface area contributed by atoms with Crippen molar-refractivity contribution in [3.05, 3.63) is 253 Å². The summed E-state index contributed by atoms with van der Waals surface area (Å²) in [6.45, 7) is 0. The summed E-state index contributed by atoms with van der Waals surface area (Å²) in [4.78, 5) is 20.9. The second-order valence-corrected chi connectivity index (χ2v) is 15.8. The standard InChI is InChI=1S/C58H40N4/c1-5-19-39(20-6-1)51-37-52(40-21-7-2-8-22-40)60-57(59-51)45-29-17-27-43(35-45)55-49-33-15-13-31-47(49)48-32-14-16-34-50(48)56(55)44-28-18-30-46(36-44)58-61-53(41-23-9-3-10-24-41)38-54(62-58)42-25-11-4-12-26-42/h1-38,55-56H. The van der Waals surface area contributed by atoms with E-state index in [1.165, 1.54) is 33.4 Å². The van der Waals surface area contributed by atoms with Crippen molar-refractivity contribution < 1.29 is 0 Å². The first-order valence-electron chi connectivity index (χ1n) is 21.1. The van der Waals surface area contributed by atoms with Gasteiger partial charge in [0.15, 0.2) is 11.6 Å². The third kappa shape index (κ3) is 7.08. The molecule has 0 aliphatic heterocycles. The molecule has 1 aliphatic carbocycles. The first-order valence-corrected chi connectivity index (χ1v) is 21.1. The molecule has 2 heterocycles. The van der Waals surface area contributed by atoms with E-state index in [2.05, 4.69) is 206 Å². The van der Waals surface area contributed by atoms with Gasteiger partial charge in [-0.25, -0.2) is 19.9 Å². The van der Waals surface area contributed by atoms with Crippen LogP contribution in [-0.4, -0.2) is 19.9 Å². The third-order valence-electron chi connectivity index (χ3n) is 12.0. The molecule has 8 aromatic carbocycles. The van der Waals surface area contributed by atoms with E-state index in [4.69, 9.17) is 19.9 Å². The van der Waals surface area contributed by atoms with Crippen LogP contribution in [0.25, 0.3) is 78.9 Å². The van der Waals surface area contributed by atoms with Gasteiger partial charge in [0.25, 0.3) is 0 Å². The van der Waals surface area contributed by atoms with Gasteiger partial charge in [-0.1, -0.05) is 206 Å². The molecule has 2 atom stereocenters. The zero-order valence-corrected chi connectivity index (χ0v) is 33.9. The smallest absolute Gasteiger partial charge is 0.160 e. The Hall–Kier alpha value is -8.08. The van der Waals surface area contributed by atoms with Crippen LogP contribution in [0.4, 0.5) is 0 Å². The van der Waals surface area contributed by atoms with Gasteiger partial charge in [0.1, 0.15) is 0 Å². The van der Waals surface area contributed by atoms with Crippen LogP contribution >= 0.6 is 0 Å². The van der Waals surface area contributed by atoms with Crippen molar-refractivity contribution in [2.45, 2.75) is 11.8 Å². The van der Waals surface area contributed by atoms with Crippen LogP contribution in [-0.2, 0) is 0 Å². The maximum atomic E-state index is 5.22. The molecule has 292 valence electrons. The average Bonchev–Trinajstić information content (AvgIpc) is 3.37. The van der Waals surface area contributed by atoms with E-state index in [9.17, 15) is 0 Å². The number of nitrogens with zero attached hydrogens (tertiary/aromatic N) is 4. The summed E-state index contributed by atoms with van der Waals surface area (Å²) in [6, 6.07) is 81.2. The van der Waals surface area contributed by atoms with E-state index in [0.717, 1.165) is 56.2 Å². The molecular formula is C58H40N4. The molecule has 0 bridgehead atoms. The second kappa shape index (κ2) is 16.2. The van der Waals surface area contributed by atoms with Gasteiger partial charge in [-0.2, -0.15) is 0 Å². The van der Waals surface area contributed by atoms with Gasteiger partial charge in [0.2, 0.25) is 0 Å². The zero-order chi connectivity index (χ0) is 41.2. The number of hydrogen-bond acceptors (Lipinski definition) is 4. The maximum absolute atomic E-state index is 5.22. The fraction of sp³-hybridized carbons (Fsp3) is 0.0345. The summed E-state index contributed by atoms with van der Waals surface area (Å²) in [5.41, 5.74) is 17.2. The minimum Gasteiger partial charge on any atom is -0.228 e. The molecule has 10 aromatic rings. The van der Waals surface area contributed by atoms with E-state index in [1.807, 2.05) is 24.3 Å². The minimum atomic E-state index is -0.0151. The largest absolute Gasteiger partial charge is 0.228 e. The van der Waals surface area contributed by atoms with Gasteiger partial charge in [-0.3, -0.25) is 0 Å². The molecule has 0 saturated heterocycles. The van der Waals surface area contributed by atoms with Gasteiger partial charge >= 0.3 is 0 Å². The number of benzene rings is 8. The number of fused-ring (bicyclic) bond motifs is 3. The van der Waals surface area contributed by atoms with Crippen LogP contribution in [0.2, 0.25) is 0 Å². The topological polar surface area (TPSA) is 51.6 Å². The Morgan fingerprint density at radius 1 is 0.242 bits per heavy atom. The van der Waals surface area contributed by atoms with E-state index in [1.54, 1.807) is 0 Å². The monoisotopic (exact) mass is 792 g/mol. The summed E-state index contributed by atoms with van der Waals surface area (Å²) in [5, 5.41) is 0. The van der Waals surface area contributed by atoms with Crippen LogP contribution in [0, 0.1) is 0 Å². The Morgan fingerprint density at radius 2 is 0.532 bits per heavy atom. The molecular weight excluding hydrogens is 753 g/mol. The van der Waals surface area contributed by atoms with Crippen LogP contribution in [0.3, 0.4) is 0 Å². The molecule has 4 heteroatoms. The van der Waals surface area contributed by atoms with Crippen molar-refractivity contribution in [3.63, 3.8) is 0 Å². The van der Waals surface area contributed by atoms with E-state index in [-0.39, 0.29) is 11.8 Å². The zero-order valence-electron chi connectivity index (χ0n) is 33.9. The van der Waals surface area contributed by atoms with E-state index < -0.39 is 0 Å². The molecule has 1 aliphatic rings. The van der Waals surface area contributed by atoms with Gasteiger partial charge in [-0.05, 0) is 57.6 Å². The van der Waals surface area contributed by atoms with Crippen LogP contribution in [0.15, 0.2) is 231 Å². The minimum absolute atomic E-state index is 0.0151. The second-order valence-electron chi connectivity index (χ2n) is 15.8. The van der Waals surface area contributed by atoms with E-state index >= 15 is 0 Å². The highest BCUT2D eigenvalue weighted by atomic mass is 14.9. The predicted molar refractivity (Wildman–Crippen MR) is 252 cm³/mol. The fourth-order valence-electron chi connectivity index (χ4n) is 9.05. The summed E-state index contributed by atoms with van der Waals surface area (Å²) in [6.07, 6.45) is 0. The highest BCUT2D eigenvalue weighted by molar-refractivity contribution is 5.79. The molecule has 2 unspecified atom stereocenters. The highest BCUT2D eigenvalue weighted by Crippen LogP contribution is 2.53. The molecule has 2 aromatic heterocycles. The molecule has 0 fully saturated rings. The fourth-order valence-corrected chi connectivity index (χ4v) is 9.05. The first-order chi connectivity index (χ1) is 30.7. The Balaban J connectivity index is 1.07. The molecule has 4 nitrogen and oxygen atoms in total. The molecule has 11 rings (SSSR count). The molecule has 0 radical (unpaired) electrons. The Bertz CT molecular complexity index is 2850. The molecule has 0 spiro atoms. The van der Waals surface area contributed by atoms with Crippen molar-refractivity contribution in [2.24, 2.45) is 0 Å². The SMILES string of the molecule is c1ccc(-c2cc(-c3ccccc3)nc(-c3cccc(C4c5ccccc5-c5ccccc5C4c4cccc(-c5nc(-c6ccccc6)cc(-c6ccccc6)n5)c4)c3)n2)cc1. The van der Waals surface area contributed by atoms with Crippen LogP contribution in [0.5, 0.6) is 0 Å². The Labute approximate surface area is 362 Å². The van der Waals surface area contributed by atoms with Crippen molar-refractivity contribution in [2.75, 3.05) is 0 Å². The number of aromatic nitrogens is 4. The highest BCUT2D eigenvalue weighted by Gasteiger charge is 2.36. The van der Waals surface area contributed by atoms with E-state index in [0.29, 0.717) is 11.6 Å². The lowest BCUT2D eigenvalue weighted by atomic mass is 9.66. The summed E-state index contributed by atoms with van der Waals surface area (Å²) >= 11 is 0. The van der Waals surface area contributed by atoms with Crippen molar-refractivity contribution >= 4 is 0 Å². The Morgan fingerprint density at radius 3 is 0.871 bits per heavy atom. The lowest BCUT2D eigenvalue weighted by Crippen LogP contribution is -2.20. The van der Waals surface area contributed by atoms with Gasteiger partial charge in [0, 0.05) is 45.2 Å². The summed E-state index contributed by atoms with van der Waals surface area (Å²) in [7, 11) is 0. The molecule has 0 saturated carbocycles. The van der Waals surface area contributed by atoms with Gasteiger partial charge in [-0.15, -0.1) is 0 Å². The quantitative estimate of drug-likeness (QED) is 0.154. The molecule has 0 amide bonds. The average molecular weight is 793 g/mol. The third-order valence-corrected chi connectivity index (χ3v) is 12.0. The molecule has 0 N–H and O–H groups in total. The van der Waals surface area contributed by atoms with Crippen molar-refractivity contribution in [3.8, 4) is 78.9 Å². The van der Waals surface area contributed by atoms with Crippen LogP contribution < -0.4 is 0 Å². The lowest BCUT2D eigenvalue weighted by Gasteiger charge is -2.37. The predicted octanol–water partition coefficient (Wildman–Crippen LogP) is 14.2. The lowest BCUT2D eigenvalue weighted by molar-refractivity contribution is 0.685. The first kappa shape index (κ1) is 37.0. The molecule has 62 heavy (non-hydrogen) atoms. The summed E-state index contributed by atoms with van der Waals surface area (Å²) in [5.74, 6) is 1.36. The Kier molecular flexibility index (Phi) is 9.64. The summed E-state index contributed by atoms with van der Waals surface area (Å²) < 4.78 is 0. The van der Waals surface area contributed by atoms with Crippen molar-refractivity contribution in [1.82, 2.24) is 19.9 Å². The van der Waals surface area contributed by atoms with Gasteiger partial charge < -0.3 is 0 Å². The number of rotatable bonds is 8.